The molecule has 0 amide bonds. The van der Waals surface area contributed by atoms with Crippen molar-refractivity contribution in [3.8, 4) is 5.75 Å². The van der Waals surface area contributed by atoms with Crippen LogP contribution in [0.2, 0.25) is 0 Å². The van der Waals surface area contributed by atoms with E-state index in [0.717, 1.165) is 25.9 Å². The van der Waals surface area contributed by atoms with Crippen LogP contribution >= 0.6 is 0 Å². The molecule has 1 aromatic carbocycles. The largest absolute Gasteiger partial charge is 0.489 e. The number of hydrogen-bond acceptors (Lipinski definition) is 4. The van der Waals surface area contributed by atoms with Crippen LogP contribution in [-0.4, -0.2) is 43.7 Å². The lowest BCUT2D eigenvalue weighted by molar-refractivity contribution is 0.0593. The monoisotopic (exact) mass is 309 g/mol. The van der Waals surface area contributed by atoms with Crippen molar-refractivity contribution >= 4 is 5.97 Å². The third-order valence-electron chi connectivity index (χ3n) is 4.02. The van der Waals surface area contributed by atoms with Gasteiger partial charge in [0.1, 0.15) is 6.61 Å². The van der Waals surface area contributed by atoms with Crippen molar-refractivity contribution in [3.05, 3.63) is 29.1 Å². The molecule has 4 nitrogen and oxygen atoms in total. The summed E-state index contributed by atoms with van der Waals surface area (Å²) in [7, 11) is 1.33. The summed E-state index contributed by atoms with van der Waals surface area (Å²) < 4.78 is 24.4. The van der Waals surface area contributed by atoms with Gasteiger partial charge in [-0.1, -0.05) is 13.8 Å². The van der Waals surface area contributed by atoms with Crippen molar-refractivity contribution < 1.29 is 18.7 Å². The fourth-order valence-electron chi connectivity index (χ4n) is 3.02. The molecular formula is C17H24FNO3. The second-order valence-electron chi connectivity index (χ2n) is 5.60. The van der Waals surface area contributed by atoms with E-state index in [1.54, 1.807) is 0 Å². The highest BCUT2D eigenvalue weighted by atomic mass is 19.1. The van der Waals surface area contributed by atoms with Crippen LogP contribution < -0.4 is 4.74 Å². The van der Waals surface area contributed by atoms with Crippen LogP contribution in [0.25, 0.3) is 0 Å². The van der Waals surface area contributed by atoms with Gasteiger partial charge in [-0.15, -0.1) is 0 Å². The van der Waals surface area contributed by atoms with E-state index < -0.39 is 11.8 Å². The van der Waals surface area contributed by atoms with Gasteiger partial charge in [0.15, 0.2) is 11.6 Å². The standard InChI is InChI=1S/C17H24FNO3/c1-4-8-19(9-5-2)12-10-14-13(17(20)21-3)6-7-15(18)16(14)22-11-12/h6-7,12H,4-5,8-11H2,1-3H3. The highest BCUT2D eigenvalue weighted by Crippen LogP contribution is 2.32. The lowest BCUT2D eigenvalue weighted by Gasteiger charge is -2.35. The highest BCUT2D eigenvalue weighted by Gasteiger charge is 2.30. The van der Waals surface area contributed by atoms with Crippen molar-refractivity contribution in [1.29, 1.82) is 0 Å². The molecule has 0 spiro atoms. The van der Waals surface area contributed by atoms with Gasteiger partial charge in [-0.25, -0.2) is 9.18 Å². The van der Waals surface area contributed by atoms with Gasteiger partial charge in [0.25, 0.3) is 0 Å². The molecule has 1 aliphatic heterocycles. The molecule has 1 unspecified atom stereocenters. The first kappa shape index (κ1) is 16.7. The number of methoxy groups -OCH3 is 1. The van der Waals surface area contributed by atoms with Crippen molar-refractivity contribution in [2.24, 2.45) is 0 Å². The number of halogens is 1. The molecular weight excluding hydrogens is 285 g/mol. The minimum Gasteiger partial charge on any atom is -0.489 e. The van der Waals surface area contributed by atoms with Crippen LogP contribution in [0.3, 0.4) is 0 Å². The minimum atomic E-state index is -0.446. The SMILES string of the molecule is CCCN(CCC)C1COc2c(F)ccc(C(=O)OC)c2C1. The van der Waals surface area contributed by atoms with Crippen molar-refractivity contribution in [2.75, 3.05) is 26.8 Å². The summed E-state index contributed by atoms with van der Waals surface area (Å²) in [6.45, 7) is 6.67. The first-order valence-electron chi connectivity index (χ1n) is 7.88. The fraction of sp³-hybridized carbons (Fsp3) is 0.588. The molecule has 1 aromatic rings. The Bertz CT molecular complexity index is 527. The molecule has 122 valence electrons. The molecule has 0 aromatic heterocycles. The number of carbonyl (C=O) groups is 1. The van der Waals surface area contributed by atoms with E-state index >= 15 is 0 Å². The van der Waals surface area contributed by atoms with Crippen LogP contribution in [0.5, 0.6) is 5.75 Å². The summed E-state index contributed by atoms with van der Waals surface area (Å²) in [4.78, 5) is 14.3. The van der Waals surface area contributed by atoms with Crippen molar-refractivity contribution in [3.63, 3.8) is 0 Å². The summed E-state index contributed by atoms with van der Waals surface area (Å²) in [6.07, 6.45) is 2.71. The van der Waals surface area contributed by atoms with Gasteiger partial charge in [-0.05, 0) is 44.5 Å². The lowest BCUT2D eigenvalue weighted by Crippen LogP contribution is -2.44. The first-order chi connectivity index (χ1) is 10.6. The van der Waals surface area contributed by atoms with Crippen LogP contribution in [0.1, 0.15) is 42.6 Å². The minimum absolute atomic E-state index is 0.164. The number of rotatable bonds is 6. The van der Waals surface area contributed by atoms with Crippen LogP contribution in [0.15, 0.2) is 12.1 Å². The Morgan fingerprint density at radius 2 is 2.05 bits per heavy atom. The summed E-state index contributed by atoms with van der Waals surface area (Å²) in [5.41, 5.74) is 1.02. The third kappa shape index (κ3) is 3.40. The second kappa shape index (κ2) is 7.58. The van der Waals surface area contributed by atoms with E-state index in [-0.39, 0.29) is 11.8 Å². The molecule has 1 aliphatic rings. The van der Waals surface area contributed by atoms with E-state index in [4.69, 9.17) is 9.47 Å². The molecule has 22 heavy (non-hydrogen) atoms. The zero-order chi connectivity index (χ0) is 16.1. The third-order valence-corrected chi connectivity index (χ3v) is 4.02. The first-order valence-corrected chi connectivity index (χ1v) is 7.88. The Morgan fingerprint density at radius 3 is 2.64 bits per heavy atom. The van der Waals surface area contributed by atoms with E-state index in [1.165, 1.54) is 19.2 Å². The summed E-state index contributed by atoms with van der Waals surface area (Å²) >= 11 is 0. The van der Waals surface area contributed by atoms with Crippen molar-refractivity contribution in [2.45, 2.75) is 39.2 Å². The number of esters is 1. The molecule has 1 heterocycles. The summed E-state index contributed by atoms with van der Waals surface area (Å²) in [5.74, 6) is -0.663. The number of hydrogen-bond donors (Lipinski definition) is 0. The zero-order valence-corrected chi connectivity index (χ0v) is 13.5. The van der Waals surface area contributed by atoms with Gasteiger partial charge >= 0.3 is 5.97 Å². The Balaban J connectivity index is 2.31. The molecule has 0 aliphatic carbocycles. The molecule has 0 saturated heterocycles. The van der Waals surface area contributed by atoms with Crippen molar-refractivity contribution in [1.82, 2.24) is 4.90 Å². The number of nitrogens with zero attached hydrogens (tertiary/aromatic N) is 1. The van der Waals surface area contributed by atoms with Gasteiger partial charge in [0.05, 0.1) is 12.7 Å². The number of benzene rings is 1. The van der Waals surface area contributed by atoms with Gasteiger partial charge in [-0.3, -0.25) is 4.90 Å². The number of ether oxygens (including phenoxy) is 2. The molecule has 1 atom stereocenters. The Kier molecular flexibility index (Phi) is 5.77. The lowest BCUT2D eigenvalue weighted by atomic mass is 9.95. The molecule has 0 bridgehead atoms. The maximum Gasteiger partial charge on any atom is 0.338 e. The summed E-state index contributed by atoms with van der Waals surface area (Å²) in [5, 5.41) is 0. The van der Waals surface area contributed by atoms with Gasteiger partial charge in [-0.2, -0.15) is 0 Å². The second-order valence-corrected chi connectivity index (χ2v) is 5.60. The van der Waals surface area contributed by atoms with E-state index in [2.05, 4.69) is 18.7 Å². The predicted molar refractivity (Wildman–Crippen MR) is 82.9 cm³/mol. The Hall–Kier alpha value is -1.62. The molecule has 0 N–H and O–H groups in total. The van der Waals surface area contributed by atoms with E-state index in [0.29, 0.717) is 24.2 Å². The highest BCUT2D eigenvalue weighted by molar-refractivity contribution is 5.92. The van der Waals surface area contributed by atoms with Gasteiger partial charge in [0, 0.05) is 11.6 Å². The van der Waals surface area contributed by atoms with E-state index in [9.17, 15) is 9.18 Å². The molecule has 0 radical (unpaired) electrons. The normalized spacial score (nSPS) is 17.0. The quantitative estimate of drug-likeness (QED) is 0.757. The smallest absolute Gasteiger partial charge is 0.338 e. The maximum atomic E-state index is 14.0. The average Bonchev–Trinajstić information content (AvgIpc) is 2.54. The van der Waals surface area contributed by atoms with Crippen LogP contribution in [0, 0.1) is 5.82 Å². The predicted octanol–water partition coefficient (Wildman–Crippen LogP) is 3.04. The molecule has 0 saturated carbocycles. The summed E-state index contributed by atoms with van der Waals surface area (Å²) in [6, 6.07) is 2.91. The van der Waals surface area contributed by atoms with Gasteiger partial charge in [0.2, 0.25) is 0 Å². The average molecular weight is 309 g/mol. The van der Waals surface area contributed by atoms with E-state index in [1.807, 2.05) is 0 Å². The van der Waals surface area contributed by atoms with Crippen LogP contribution in [0.4, 0.5) is 4.39 Å². The molecule has 0 fully saturated rings. The zero-order valence-electron chi connectivity index (χ0n) is 13.5. The Labute approximate surface area is 131 Å². The number of carbonyl (C=O) groups excluding carboxylic acids is 1. The van der Waals surface area contributed by atoms with Crippen LogP contribution in [-0.2, 0) is 11.2 Å². The maximum absolute atomic E-state index is 14.0. The fourth-order valence-corrected chi connectivity index (χ4v) is 3.02. The molecule has 2 rings (SSSR count). The van der Waals surface area contributed by atoms with Gasteiger partial charge < -0.3 is 9.47 Å². The Morgan fingerprint density at radius 1 is 1.36 bits per heavy atom. The molecule has 5 heteroatoms. The topological polar surface area (TPSA) is 38.8 Å². The number of fused-ring (bicyclic) bond motifs is 1.